The predicted molar refractivity (Wildman–Crippen MR) is 85.0 cm³/mol. The quantitative estimate of drug-likeness (QED) is 0.629. The molecule has 0 radical (unpaired) electrons. The van der Waals surface area contributed by atoms with Crippen molar-refractivity contribution in [3.8, 4) is 0 Å². The zero-order chi connectivity index (χ0) is 14.2. The maximum absolute atomic E-state index is 11.1. The number of ketones is 1. The topological polar surface area (TPSA) is 20.3 Å². The molecule has 0 N–H and O–H groups in total. The first-order valence-electron chi connectivity index (χ1n) is 9.02. The lowest BCUT2D eigenvalue weighted by Gasteiger charge is -2.41. The molecule has 0 aromatic heterocycles. The highest BCUT2D eigenvalue weighted by Gasteiger charge is 2.28. The first-order valence-corrected chi connectivity index (χ1v) is 9.02. The first kappa shape index (κ1) is 16.0. The third-order valence-corrected chi connectivity index (χ3v) is 5.28. The van der Waals surface area contributed by atoms with Gasteiger partial charge in [0.25, 0.3) is 0 Å². The number of rotatable bonds is 7. The third-order valence-electron chi connectivity index (χ3n) is 5.28. The summed E-state index contributed by atoms with van der Waals surface area (Å²) in [5.41, 5.74) is 0. The first-order chi connectivity index (χ1) is 9.77. The van der Waals surface area contributed by atoms with Crippen LogP contribution >= 0.6 is 0 Å². The van der Waals surface area contributed by atoms with Crippen LogP contribution in [0.1, 0.15) is 90.4 Å². The van der Waals surface area contributed by atoms with E-state index < -0.39 is 0 Å². The van der Waals surface area contributed by atoms with Crippen LogP contribution in [0.5, 0.6) is 0 Å². The Morgan fingerprint density at radius 2 is 1.35 bits per heavy atom. The van der Waals surface area contributed by atoms with E-state index in [1.807, 2.05) is 0 Å². The van der Waals surface area contributed by atoms with Crippen LogP contribution in [0.4, 0.5) is 0 Å². The van der Waals surface area contributed by atoms with Gasteiger partial charge in [-0.1, -0.05) is 38.5 Å². The molecule has 0 saturated heterocycles. The van der Waals surface area contributed by atoms with Gasteiger partial charge in [-0.2, -0.15) is 0 Å². The Bertz CT molecular complexity index is 259. The van der Waals surface area contributed by atoms with Crippen LogP contribution in [0.2, 0.25) is 0 Å². The van der Waals surface area contributed by atoms with E-state index in [0.717, 1.165) is 24.9 Å². The summed E-state index contributed by atoms with van der Waals surface area (Å²) in [5.74, 6) is 0.354. The van der Waals surface area contributed by atoms with Gasteiger partial charge in [0.2, 0.25) is 0 Å². The van der Waals surface area contributed by atoms with Crippen LogP contribution in [0.3, 0.4) is 0 Å². The van der Waals surface area contributed by atoms with E-state index in [9.17, 15) is 4.79 Å². The van der Waals surface area contributed by atoms with Crippen LogP contribution in [0.25, 0.3) is 0 Å². The molecule has 2 aliphatic carbocycles. The van der Waals surface area contributed by atoms with Gasteiger partial charge in [0, 0.05) is 18.5 Å². The summed E-state index contributed by atoms with van der Waals surface area (Å²) in [5, 5.41) is 0. The predicted octanol–water partition coefficient (Wildman–Crippen LogP) is 4.71. The van der Waals surface area contributed by atoms with E-state index >= 15 is 0 Å². The maximum atomic E-state index is 11.1. The van der Waals surface area contributed by atoms with E-state index in [4.69, 9.17) is 0 Å². The van der Waals surface area contributed by atoms with E-state index in [1.54, 1.807) is 6.92 Å². The van der Waals surface area contributed by atoms with Crippen molar-refractivity contribution in [1.29, 1.82) is 0 Å². The van der Waals surface area contributed by atoms with Gasteiger partial charge in [-0.25, -0.2) is 0 Å². The Morgan fingerprint density at radius 3 is 1.80 bits per heavy atom. The van der Waals surface area contributed by atoms with Crippen molar-refractivity contribution in [3.63, 3.8) is 0 Å². The van der Waals surface area contributed by atoms with Gasteiger partial charge >= 0.3 is 0 Å². The summed E-state index contributed by atoms with van der Waals surface area (Å²) in [4.78, 5) is 13.9. The molecular weight excluding hydrogens is 246 g/mol. The fraction of sp³-hybridized carbons (Fsp3) is 0.944. The number of nitrogens with zero attached hydrogens (tertiary/aromatic N) is 1. The summed E-state index contributed by atoms with van der Waals surface area (Å²) >= 11 is 0. The minimum atomic E-state index is 0.354. The Hall–Kier alpha value is -0.370. The average molecular weight is 279 g/mol. The van der Waals surface area contributed by atoms with Crippen LogP contribution < -0.4 is 0 Å². The molecule has 0 atom stereocenters. The van der Waals surface area contributed by atoms with Gasteiger partial charge in [0.15, 0.2) is 0 Å². The lowest BCUT2D eigenvalue weighted by Crippen LogP contribution is -2.45. The van der Waals surface area contributed by atoms with Crippen molar-refractivity contribution >= 4 is 5.78 Å². The summed E-state index contributed by atoms with van der Waals surface area (Å²) in [6, 6.07) is 1.70. The molecule has 0 unspecified atom stereocenters. The Kier molecular flexibility index (Phi) is 7.06. The normalized spacial score (nSPS) is 22.3. The molecule has 116 valence electrons. The van der Waals surface area contributed by atoms with E-state index in [0.29, 0.717) is 5.78 Å². The average Bonchev–Trinajstić information content (AvgIpc) is 2.49. The van der Waals surface area contributed by atoms with E-state index in [2.05, 4.69) is 4.90 Å². The van der Waals surface area contributed by atoms with Gasteiger partial charge < -0.3 is 4.79 Å². The van der Waals surface area contributed by atoms with Crippen LogP contribution in [0, 0.1) is 0 Å². The molecule has 0 bridgehead atoms. The summed E-state index contributed by atoms with van der Waals surface area (Å²) in [6.07, 6.45) is 17.4. The van der Waals surface area contributed by atoms with Crippen LogP contribution in [-0.4, -0.2) is 29.3 Å². The molecule has 2 fully saturated rings. The van der Waals surface area contributed by atoms with Gasteiger partial charge in [-0.15, -0.1) is 0 Å². The molecule has 0 amide bonds. The van der Waals surface area contributed by atoms with Gasteiger partial charge in [0.05, 0.1) is 0 Å². The van der Waals surface area contributed by atoms with Crippen LogP contribution in [0.15, 0.2) is 0 Å². The Morgan fingerprint density at radius 1 is 0.850 bits per heavy atom. The smallest absolute Gasteiger partial charge is 0.129 e. The highest BCUT2D eigenvalue weighted by Crippen LogP contribution is 2.30. The molecule has 2 heteroatoms. The molecule has 2 nitrogen and oxygen atoms in total. The van der Waals surface area contributed by atoms with Crippen molar-refractivity contribution in [2.24, 2.45) is 0 Å². The fourth-order valence-electron chi connectivity index (χ4n) is 4.16. The van der Waals surface area contributed by atoms with Crippen LogP contribution in [-0.2, 0) is 4.79 Å². The second kappa shape index (κ2) is 8.81. The van der Waals surface area contributed by atoms with Gasteiger partial charge in [-0.3, -0.25) is 4.90 Å². The molecule has 2 rings (SSSR count). The Balaban J connectivity index is 1.83. The summed E-state index contributed by atoms with van der Waals surface area (Å²) in [6.45, 7) is 2.96. The highest BCUT2D eigenvalue weighted by molar-refractivity contribution is 5.75. The lowest BCUT2D eigenvalue weighted by atomic mass is 9.88. The second-order valence-electron chi connectivity index (χ2n) is 6.98. The van der Waals surface area contributed by atoms with E-state index in [1.165, 1.54) is 77.2 Å². The molecule has 20 heavy (non-hydrogen) atoms. The SMILES string of the molecule is CC(=O)CCCCN(C1CCCCC1)C1CCCCC1. The maximum Gasteiger partial charge on any atom is 0.129 e. The van der Waals surface area contributed by atoms with Crippen molar-refractivity contribution in [2.75, 3.05) is 6.54 Å². The summed E-state index contributed by atoms with van der Waals surface area (Å²) in [7, 11) is 0. The molecule has 0 aromatic carbocycles. The molecule has 2 saturated carbocycles. The minimum Gasteiger partial charge on any atom is -0.300 e. The Labute approximate surface area is 125 Å². The van der Waals surface area contributed by atoms with Crippen molar-refractivity contribution in [1.82, 2.24) is 4.90 Å². The third kappa shape index (κ3) is 5.20. The summed E-state index contributed by atoms with van der Waals surface area (Å²) < 4.78 is 0. The number of hydrogen-bond acceptors (Lipinski definition) is 2. The fourth-order valence-corrected chi connectivity index (χ4v) is 4.16. The standard InChI is InChI=1S/C18H33NO/c1-16(20)10-8-9-15-19(17-11-4-2-5-12-17)18-13-6-3-7-14-18/h17-18H,2-15H2,1H3. The lowest BCUT2D eigenvalue weighted by molar-refractivity contribution is -0.117. The van der Waals surface area contributed by atoms with Gasteiger partial charge in [0.1, 0.15) is 5.78 Å². The molecule has 0 spiro atoms. The molecule has 2 aliphatic rings. The van der Waals surface area contributed by atoms with E-state index in [-0.39, 0.29) is 0 Å². The molecule has 0 aliphatic heterocycles. The number of hydrogen-bond donors (Lipinski definition) is 0. The number of Topliss-reactive ketones (excluding diaryl/α,β-unsaturated/α-hetero) is 1. The second-order valence-corrected chi connectivity index (χ2v) is 6.98. The highest BCUT2D eigenvalue weighted by atomic mass is 16.1. The molecule has 0 heterocycles. The number of carbonyl (C=O) groups excluding carboxylic acids is 1. The number of carbonyl (C=O) groups is 1. The molecular formula is C18H33NO. The minimum absolute atomic E-state index is 0.354. The monoisotopic (exact) mass is 279 g/mol. The van der Waals surface area contributed by atoms with Crippen molar-refractivity contribution < 1.29 is 4.79 Å². The zero-order valence-corrected chi connectivity index (χ0v) is 13.4. The largest absolute Gasteiger partial charge is 0.300 e. The number of unbranched alkanes of at least 4 members (excludes halogenated alkanes) is 1. The zero-order valence-electron chi connectivity index (χ0n) is 13.4. The van der Waals surface area contributed by atoms with Crippen molar-refractivity contribution in [3.05, 3.63) is 0 Å². The van der Waals surface area contributed by atoms with Crippen molar-refractivity contribution in [2.45, 2.75) is 102 Å². The van der Waals surface area contributed by atoms with Gasteiger partial charge in [-0.05, 0) is 52.0 Å². The molecule has 0 aromatic rings.